The van der Waals surface area contributed by atoms with Gasteiger partial charge in [-0.1, -0.05) is 34.0 Å². The van der Waals surface area contributed by atoms with Crippen LogP contribution < -0.4 is 0 Å². The van der Waals surface area contributed by atoms with Gasteiger partial charge >= 0.3 is 0 Å². The van der Waals surface area contributed by atoms with E-state index in [1.807, 2.05) is 18.2 Å². The SMILES string of the molecule is CC#CC(=O)c1ccccc1Br. The van der Waals surface area contributed by atoms with Crippen molar-refractivity contribution >= 4 is 21.7 Å². The van der Waals surface area contributed by atoms with Crippen molar-refractivity contribution in [3.8, 4) is 11.8 Å². The number of rotatable bonds is 1. The zero-order chi connectivity index (χ0) is 8.97. The average Bonchev–Trinajstić information content (AvgIpc) is 2.05. The van der Waals surface area contributed by atoms with Crippen molar-refractivity contribution in [2.45, 2.75) is 6.92 Å². The van der Waals surface area contributed by atoms with Crippen molar-refractivity contribution < 1.29 is 4.79 Å². The Labute approximate surface area is 79.9 Å². The molecule has 1 aromatic rings. The smallest absolute Gasteiger partial charge is 0.237 e. The minimum absolute atomic E-state index is 0.148. The minimum atomic E-state index is -0.148. The van der Waals surface area contributed by atoms with E-state index in [1.54, 1.807) is 13.0 Å². The molecule has 0 radical (unpaired) electrons. The van der Waals surface area contributed by atoms with Crippen molar-refractivity contribution in [1.29, 1.82) is 0 Å². The van der Waals surface area contributed by atoms with Gasteiger partial charge in [0.1, 0.15) is 0 Å². The van der Waals surface area contributed by atoms with E-state index in [-0.39, 0.29) is 5.78 Å². The van der Waals surface area contributed by atoms with Crippen LogP contribution in [0.4, 0.5) is 0 Å². The summed E-state index contributed by atoms with van der Waals surface area (Å²) in [6.07, 6.45) is 0. The molecule has 0 aliphatic rings. The summed E-state index contributed by atoms with van der Waals surface area (Å²) in [6.45, 7) is 1.65. The summed E-state index contributed by atoms with van der Waals surface area (Å²) < 4.78 is 0.790. The van der Waals surface area contributed by atoms with Crippen LogP contribution in [0.5, 0.6) is 0 Å². The molecule has 0 amide bonds. The molecule has 0 saturated heterocycles. The van der Waals surface area contributed by atoms with Crippen molar-refractivity contribution in [2.24, 2.45) is 0 Å². The maximum absolute atomic E-state index is 11.3. The second kappa shape index (κ2) is 4.08. The molecular weight excluding hydrogens is 216 g/mol. The van der Waals surface area contributed by atoms with E-state index < -0.39 is 0 Å². The van der Waals surface area contributed by atoms with Crippen LogP contribution in [-0.4, -0.2) is 5.78 Å². The number of benzene rings is 1. The van der Waals surface area contributed by atoms with Crippen molar-refractivity contribution in [3.05, 3.63) is 34.3 Å². The van der Waals surface area contributed by atoms with Crippen LogP contribution in [-0.2, 0) is 0 Å². The fourth-order valence-electron chi connectivity index (χ4n) is 0.826. The predicted molar refractivity (Wildman–Crippen MR) is 51.9 cm³/mol. The fraction of sp³-hybridized carbons (Fsp3) is 0.100. The van der Waals surface area contributed by atoms with Gasteiger partial charge in [0.2, 0.25) is 5.78 Å². The lowest BCUT2D eigenvalue weighted by molar-refractivity contribution is 0.105. The second-order valence-electron chi connectivity index (χ2n) is 2.18. The number of carbonyl (C=O) groups is 1. The Morgan fingerprint density at radius 1 is 1.42 bits per heavy atom. The third-order valence-electron chi connectivity index (χ3n) is 1.36. The monoisotopic (exact) mass is 222 g/mol. The molecule has 12 heavy (non-hydrogen) atoms. The van der Waals surface area contributed by atoms with Crippen molar-refractivity contribution in [3.63, 3.8) is 0 Å². The molecule has 0 bridgehead atoms. The summed E-state index contributed by atoms with van der Waals surface area (Å²) in [6, 6.07) is 7.25. The second-order valence-corrected chi connectivity index (χ2v) is 3.04. The average molecular weight is 223 g/mol. The van der Waals surface area contributed by atoms with E-state index in [2.05, 4.69) is 27.8 Å². The highest BCUT2D eigenvalue weighted by Crippen LogP contribution is 2.15. The molecule has 60 valence electrons. The lowest BCUT2D eigenvalue weighted by Gasteiger charge is -1.95. The third-order valence-corrected chi connectivity index (χ3v) is 2.05. The van der Waals surface area contributed by atoms with Gasteiger partial charge in [-0.2, -0.15) is 0 Å². The summed E-state index contributed by atoms with van der Waals surface area (Å²) >= 11 is 3.28. The van der Waals surface area contributed by atoms with Gasteiger partial charge in [0.25, 0.3) is 0 Å². The highest BCUT2D eigenvalue weighted by molar-refractivity contribution is 9.10. The van der Waals surface area contributed by atoms with Crippen LogP contribution in [0.1, 0.15) is 17.3 Å². The zero-order valence-corrected chi connectivity index (χ0v) is 8.18. The number of Topliss-reactive ketones (excluding diaryl/α,β-unsaturated/α-hetero) is 1. The Morgan fingerprint density at radius 3 is 2.67 bits per heavy atom. The molecule has 1 nitrogen and oxygen atoms in total. The molecule has 0 atom stereocenters. The molecule has 0 spiro atoms. The first kappa shape index (κ1) is 9.02. The summed E-state index contributed by atoms with van der Waals surface area (Å²) in [5.74, 6) is 4.91. The molecular formula is C10H7BrO. The molecule has 1 aromatic carbocycles. The first-order valence-corrected chi connectivity index (χ1v) is 4.26. The van der Waals surface area contributed by atoms with Crippen LogP contribution >= 0.6 is 15.9 Å². The van der Waals surface area contributed by atoms with Gasteiger partial charge in [-0.05, 0) is 25.0 Å². The number of halogens is 1. The largest absolute Gasteiger partial charge is 0.279 e. The topological polar surface area (TPSA) is 17.1 Å². The number of carbonyl (C=O) groups excluding carboxylic acids is 1. The minimum Gasteiger partial charge on any atom is -0.279 e. The van der Waals surface area contributed by atoms with Crippen molar-refractivity contribution in [1.82, 2.24) is 0 Å². The van der Waals surface area contributed by atoms with Crippen LogP contribution in [0.15, 0.2) is 28.7 Å². The molecule has 0 aromatic heterocycles. The van der Waals surface area contributed by atoms with Crippen LogP contribution in [0.3, 0.4) is 0 Å². The number of hydrogen-bond donors (Lipinski definition) is 0. The molecule has 1 rings (SSSR count). The zero-order valence-electron chi connectivity index (χ0n) is 6.60. The van der Waals surface area contributed by atoms with Gasteiger partial charge in [0.15, 0.2) is 0 Å². The quantitative estimate of drug-likeness (QED) is 0.406. The lowest BCUT2D eigenvalue weighted by atomic mass is 10.1. The summed E-state index contributed by atoms with van der Waals surface area (Å²) in [5.41, 5.74) is 0.617. The lowest BCUT2D eigenvalue weighted by Crippen LogP contribution is -1.95. The van der Waals surface area contributed by atoms with Gasteiger partial charge in [-0.25, -0.2) is 0 Å². The Kier molecular flexibility index (Phi) is 3.07. The highest BCUT2D eigenvalue weighted by Gasteiger charge is 2.04. The van der Waals surface area contributed by atoms with Crippen molar-refractivity contribution in [2.75, 3.05) is 0 Å². The van der Waals surface area contributed by atoms with Crippen LogP contribution in [0.2, 0.25) is 0 Å². The van der Waals surface area contributed by atoms with Gasteiger partial charge in [-0.15, -0.1) is 0 Å². The standard InChI is InChI=1S/C10H7BrO/c1-2-5-10(12)8-6-3-4-7-9(8)11/h3-4,6-7H,1H3. The molecule has 0 saturated carbocycles. The molecule has 0 heterocycles. The van der Waals surface area contributed by atoms with Gasteiger partial charge in [0.05, 0.1) is 0 Å². The first-order chi connectivity index (χ1) is 5.75. The molecule has 0 fully saturated rings. The normalized spacial score (nSPS) is 8.50. The molecule has 0 aliphatic carbocycles. The highest BCUT2D eigenvalue weighted by atomic mass is 79.9. The van der Waals surface area contributed by atoms with E-state index >= 15 is 0 Å². The van der Waals surface area contributed by atoms with E-state index in [0.29, 0.717) is 5.56 Å². The molecule has 2 heteroatoms. The Bertz CT molecular complexity index is 358. The summed E-state index contributed by atoms with van der Waals surface area (Å²) in [4.78, 5) is 11.3. The number of hydrogen-bond acceptors (Lipinski definition) is 1. The van der Waals surface area contributed by atoms with Crippen LogP contribution in [0, 0.1) is 11.8 Å². The van der Waals surface area contributed by atoms with E-state index in [0.717, 1.165) is 4.47 Å². The van der Waals surface area contributed by atoms with Gasteiger partial charge in [-0.3, -0.25) is 4.79 Å². The van der Waals surface area contributed by atoms with E-state index in [9.17, 15) is 4.79 Å². The molecule has 0 N–H and O–H groups in total. The van der Waals surface area contributed by atoms with E-state index in [4.69, 9.17) is 0 Å². The Hall–Kier alpha value is -1.07. The summed E-state index contributed by atoms with van der Waals surface area (Å²) in [5, 5.41) is 0. The molecule has 0 aliphatic heterocycles. The first-order valence-electron chi connectivity index (χ1n) is 3.47. The fourth-order valence-corrected chi connectivity index (χ4v) is 1.29. The van der Waals surface area contributed by atoms with Gasteiger partial charge in [0, 0.05) is 10.0 Å². The third kappa shape index (κ3) is 1.96. The predicted octanol–water partition coefficient (Wildman–Crippen LogP) is 2.66. The number of ketones is 1. The maximum Gasteiger partial charge on any atom is 0.237 e. The Balaban J connectivity index is 3.08. The molecule has 0 unspecified atom stereocenters. The van der Waals surface area contributed by atoms with Crippen LogP contribution in [0.25, 0.3) is 0 Å². The van der Waals surface area contributed by atoms with E-state index in [1.165, 1.54) is 0 Å². The summed E-state index contributed by atoms with van der Waals surface area (Å²) in [7, 11) is 0. The Morgan fingerprint density at radius 2 is 2.08 bits per heavy atom. The van der Waals surface area contributed by atoms with Gasteiger partial charge < -0.3 is 0 Å². The maximum atomic E-state index is 11.3.